The summed E-state index contributed by atoms with van der Waals surface area (Å²) < 4.78 is 6.58. The third kappa shape index (κ3) is 7.52. The van der Waals surface area contributed by atoms with Crippen molar-refractivity contribution in [2.45, 2.75) is 88.9 Å². The number of hydrogen-bond donors (Lipinski definition) is 3. The molecule has 0 bridgehead atoms. The summed E-state index contributed by atoms with van der Waals surface area (Å²) in [5.74, 6) is -0.892. The average molecular weight is 567 g/mol. The van der Waals surface area contributed by atoms with Crippen LogP contribution in [0.5, 0.6) is 0 Å². The van der Waals surface area contributed by atoms with Crippen molar-refractivity contribution in [1.29, 1.82) is 0 Å². The number of nitrogens with one attached hydrogen (secondary N) is 2. The van der Waals surface area contributed by atoms with Crippen molar-refractivity contribution in [2.24, 2.45) is 11.7 Å². The molecule has 4 N–H and O–H groups in total. The second kappa shape index (κ2) is 13.3. The molecule has 0 radical (unpaired) electrons. The van der Waals surface area contributed by atoms with Gasteiger partial charge in [-0.2, -0.15) is 0 Å². The second-order valence-corrected chi connectivity index (χ2v) is 11.7. The van der Waals surface area contributed by atoms with E-state index in [-0.39, 0.29) is 17.6 Å². The summed E-state index contributed by atoms with van der Waals surface area (Å²) >= 11 is 0. The molecule has 1 unspecified atom stereocenters. The molecule has 1 aliphatic heterocycles. The van der Waals surface area contributed by atoms with Crippen molar-refractivity contribution in [3.8, 4) is 0 Å². The number of esters is 1. The van der Waals surface area contributed by atoms with Gasteiger partial charge in [-0.3, -0.25) is 14.4 Å². The van der Waals surface area contributed by atoms with Crippen LogP contribution in [0.25, 0.3) is 0 Å². The maximum atomic E-state index is 13.9. The van der Waals surface area contributed by atoms with Crippen LogP contribution in [0.15, 0.2) is 42.9 Å². The zero-order valence-electron chi connectivity index (χ0n) is 24.2. The summed E-state index contributed by atoms with van der Waals surface area (Å²) in [4.78, 5) is 58.3. The molecular weight excluding hydrogens is 524 g/mol. The van der Waals surface area contributed by atoms with E-state index in [0.717, 1.165) is 31.2 Å². The standard InChI is InChI=1S/C30H42N6O5/c1-30(2,31)29(40)33-22(17-20-11-6-4-7-12-20)26(37)34-24-18-35(19-32-24)25(21-13-8-5-9-14-21)27(38)36-16-10-15-23(36)28(39)41-3/h5,8-9,13-14,18-20,22-23,25H,4,6-7,10-12,15-17,31H2,1-3H3,(H,33,40)(H,34,37)/t22-,23+,25?/m1/s1. The van der Waals surface area contributed by atoms with Crippen molar-refractivity contribution in [1.82, 2.24) is 19.8 Å². The smallest absolute Gasteiger partial charge is 0.328 e. The zero-order valence-corrected chi connectivity index (χ0v) is 24.2. The van der Waals surface area contributed by atoms with Gasteiger partial charge in [-0.1, -0.05) is 62.4 Å². The van der Waals surface area contributed by atoms with Gasteiger partial charge in [0.15, 0.2) is 5.82 Å². The number of amides is 3. The Hall–Kier alpha value is -3.73. The molecule has 2 fully saturated rings. The Labute approximate surface area is 241 Å². The molecule has 1 saturated carbocycles. The number of likely N-dealkylation sites (tertiary alicyclic amines) is 1. The summed E-state index contributed by atoms with van der Waals surface area (Å²) in [6.07, 6.45) is 10.3. The van der Waals surface area contributed by atoms with Gasteiger partial charge in [0.2, 0.25) is 11.8 Å². The minimum absolute atomic E-state index is 0.254. The number of aromatic nitrogens is 2. The fourth-order valence-electron chi connectivity index (χ4n) is 5.73. The van der Waals surface area contributed by atoms with Crippen LogP contribution in [0, 0.1) is 5.92 Å². The first kappa shape index (κ1) is 30.2. The number of carbonyl (C=O) groups is 4. The molecule has 2 aliphatic rings. The molecule has 11 nitrogen and oxygen atoms in total. The van der Waals surface area contributed by atoms with Gasteiger partial charge in [0, 0.05) is 12.7 Å². The molecule has 3 amide bonds. The topological polar surface area (TPSA) is 149 Å². The van der Waals surface area contributed by atoms with Crippen molar-refractivity contribution in [3.05, 3.63) is 48.4 Å². The lowest BCUT2D eigenvalue weighted by Gasteiger charge is -2.28. The summed E-state index contributed by atoms with van der Waals surface area (Å²) in [5.41, 5.74) is 5.59. The van der Waals surface area contributed by atoms with Gasteiger partial charge in [0.05, 0.1) is 19.0 Å². The lowest BCUT2D eigenvalue weighted by molar-refractivity contribution is -0.151. The molecule has 11 heteroatoms. The molecule has 1 saturated heterocycles. The quantitative estimate of drug-likeness (QED) is 0.375. The van der Waals surface area contributed by atoms with E-state index in [2.05, 4.69) is 15.6 Å². The molecule has 1 aliphatic carbocycles. The van der Waals surface area contributed by atoms with Crippen LogP contribution < -0.4 is 16.4 Å². The van der Waals surface area contributed by atoms with E-state index in [1.807, 2.05) is 30.3 Å². The van der Waals surface area contributed by atoms with E-state index in [1.54, 1.807) is 29.5 Å². The lowest BCUT2D eigenvalue weighted by Crippen LogP contribution is -2.55. The van der Waals surface area contributed by atoms with E-state index in [4.69, 9.17) is 10.5 Å². The fourth-order valence-corrected chi connectivity index (χ4v) is 5.73. The predicted octanol–water partition coefficient (Wildman–Crippen LogP) is 2.77. The highest BCUT2D eigenvalue weighted by atomic mass is 16.5. The molecule has 1 aromatic heterocycles. The Bertz CT molecular complexity index is 1220. The summed E-state index contributed by atoms with van der Waals surface area (Å²) in [6, 6.07) is 7.02. The summed E-state index contributed by atoms with van der Waals surface area (Å²) in [6.45, 7) is 3.65. The number of hydrogen-bond acceptors (Lipinski definition) is 7. The van der Waals surface area contributed by atoms with E-state index in [1.165, 1.54) is 19.9 Å². The van der Waals surface area contributed by atoms with Gasteiger partial charge in [-0.25, -0.2) is 9.78 Å². The first-order valence-electron chi connectivity index (χ1n) is 14.5. The Morgan fingerprint density at radius 2 is 1.78 bits per heavy atom. The molecule has 0 spiro atoms. The Morgan fingerprint density at radius 1 is 1.07 bits per heavy atom. The number of benzene rings is 1. The van der Waals surface area contributed by atoms with Crippen LogP contribution >= 0.6 is 0 Å². The van der Waals surface area contributed by atoms with Crippen molar-refractivity contribution in [2.75, 3.05) is 19.0 Å². The molecular formula is C30H42N6O5. The number of rotatable bonds is 10. The second-order valence-electron chi connectivity index (χ2n) is 11.7. The van der Waals surface area contributed by atoms with Gasteiger partial charge < -0.3 is 30.6 Å². The number of nitrogens with two attached hydrogens (primary N) is 1. The van der Waals surface area contributed by atoms with Gasteiger partial charge in [-0.05, 0) is 44.6 Å². The molecule has 222 valence electrons. The molecule has 2 aromatic rings. The third-order valence-electron chi connectivity index (χ3n) is 8.01. The van der Waals surface area contributed by atoms with Gasteiger partial charge in [0.1, 0.15) is 18.1 Å². The lowest BCUT2D eigenvalue weighted by atomic mass is 9.84. The average Bonchev–Trinajstić information content (AvgIpc) is 3.63. The highest BCUT2D eigenvalue weighted by Crippen LogP contribution is 2.29. The first-order valence-corrected chi connectivity index (χ1v) is 14.5. The van der Waals surface area contributed by atoms with Crippen molar-refractivity contribution < 1.29 is 23.9 Å². The summed E-state index contributed by atoms with van der Waals surface area (Å²) in [7, 11) is 1.32. The number of anilines is 1. The third-order valence-corrected chi connectivity index (χ3v) is 8.01. The van der Waals surface area contributed by atoms with Crippen molar-refractivity contribution in [3.63, 3.8) is 0 Å². The highest BCUT2D eigenvalue weighted by molar-refractivity contribution is 5.98. The van der Waals surface area contributed by atoms with E-state index >= 15 is 0 Å². The van der Waals surface area contributed by atoms with Crippen LogP contribution in [-0.4, -0.2) is 69.4 Å². The predicted molar refractivity (Wildman–Crippen MR) is 154 cm³/mol. The monoisotopic (exact) mass is 566 g/mol. The fraction of sp³-hybridized carbons (Fsp3) is 0.567. The largest absolute Gasteiger partial charge is 0.467 e. The van der Waals surface area contributed by atoms with E-state index in [0.29, 0.717) is 31.7 Å². The van der Waals surface area contributed by atoms with E-state index < -0.39 is 35.5 Å². The zero-order chi connectivity index (χ0) is 29.6. The first-order chi connectivity index (χ1) is 19.6. The van der Waals surface area contributed by atoms with E-state index in [9.17, 15) is 19.2 Å². The maximum Gasteiger partial charge on any atom is 0.328 e. The van der Waals surface area contributed by atoms with Crippen LogP contribution in [0.3, 0.4) is 0 Å². The Balaban J connectivity index is 1.55. The SMILES string of the molecule is COC(=O)[C@@H]1CCCN1C(=O)C(c1ccccc1)n1cnc(NC(=O)[C@@H](CC2CCCCC2)NC(=O)C(C)(C)N)c1. The molecule has 3 atom stereocenters. The van der Waals surface area contributed by atoms with Gasteiger partial charge >= 0.3 is 5.97 Å². The molecule has 2 heterocycles. The minimum atomic E-state index is -1.13. The number of carbonyl (C=O) groups excluding carboxylic acids is 4. The van der Waals surface area contributed by atoms with Gasteiger partial charge in [0.25, 0.3) is 5.91 Å². The Morgan fingerprint density at radius 3 is 2.44 bits per heavy atom. The van der Waals surface area contributed by atoms with Crippen LogP contribution in [0.1, 0.15) is 76.8 Å². The highest BCUT2D eigenvalue weighted by Gasteiger charge is 2.39. The molecule has 1 aromatic carbocycles. The number of methoxy groups -OCH3 is 1. The van der Waals surface area contributed by atoms with Gasteiger partial charge in [-0.15, -0.1) is 0 Å². The number of imidazole rings is 1. The maximum absolute atomic E-state index is 13.9. The van der Waals surface area contributed by atoms with Crippen molar-refractivity contribution >= 4 is 29.5 Å². The van der Waals surface area contributed by atoms with Crippen LogP contribution in [-0.2, 0) is 23.9 Å². The van der Waals surface area contributed by atoms with Crippen LogP contribution in [0.4, 0.5) is 5.82 Å². The Kier molecular flexibility index (Phi) is 9.80. The molecule has 41 heavy (non-hydrogen) atoms. The number of ether oxygens (including phenoxy) is 1. The summed E-state index contributed by atoms with van der Waals surface area (Å²) in [5, 5.41) is 5.68. The minimum Gasteiger partial charge on any atom is -0.467 e. The van der Waals surface area contributed by atoms with Crippen LogP contribution in [0.2, 0.25) is 0 Å². The normalized spacial score (nSPS) is 19.3. The molecule has 4 rings (SSSR count). The number of nitrogens with zero attached hydrogens (tertiary/aromatic N) is 3.